The summed E-state index contributed by atoms with van der Waals surface area (Å²) in [6.07, 6.45) is 0. The number of rotatable bonds is 4. The van der Waals surface area contributed by atoms with Crippen molar-refractivity contribution >= 4 is 43.2 Å². The van der Waals surface area contributed by atoms with Gasteiger partial charge >= 0.3 is 0 Å². The number of halogens is 2. The van der Waals surface area contributed by atoms with Gasteiger partial charge in [0.05, 0.1) is 11.6 Å². The van der Waals surface area contributed by atoms with E-state index in [1.54, 1.807) is 18.2 Å². The fourth-order valence-electron chi connectivity index (χ4n) is 1.40. The van der Waals surface area contributed by atoms with Gasteiger partial charge in [0.1, 0.15) is 5.76 Å². The molecule has 0 amide bonds. The van der Waals surface area contributed by atoms with Crippen LogP contribution >= 0.6 is 27.5 Å². The Morgan fingerprint density at radius 1 is 1.32 bits per heavy atom. The topological polar surface area (TPSA) is 85.3 Å². The smallest absolute Gasteiger partial charge is 0.271 e. The standard InChI is InChI=1S/C11H10BrClN2O3S/c12-9-5-7(1-3-10(9)13)15-6-8-2-4-11(18-8)19(14,16)17/h1-5,15H,6H2,(H2,14,16,17). The van der Waals surface area contributed by atoms with Crippen LogP contribution in [-0.4, -0.2) is 8.42 Å². The third-order valence-electron chi connectivity index (χ3n) is 2.30. The molecule has 1 aromatic carbocycles. The molecule has 0 bridgehead atoms. The first-order valence-corrected chi connectivity index (χ1v) is 7.88. The number of hydrogen-bond donors (Lipinski definition) is 2. The van der Waals surface area contributed by atoms with Crippen LogP contribution in [0.4, 0.5) is 5.69 Å². The van der Waals surface area contributed by atoms with Crippen LogP contribution in [-0.2, 0) is 16.6 Å². The highest BCUT2D eigenvalue weighted by Gasteiger charge is 2.12. The molecule has 0 saturated heterocycles. The van der Waals surface area contributed by atoms with E-state index >= 15 is 0 Å². The normalized spacial score (nSPS) is 11.5. The monoisotopic (exact) mass is 364 g/mol. The largest absolute Gasteiger partial charge is 0.446 e. The maximum atomic E-state index is 11.0. The second-order valence-corrected chi connectivity index (χ2v) is 6.50. The fourth-order valence-corrected chi connectivity index (χ4v) is 2.38. The molecule has 2 rings (SSSR count). The summed E-state index contributed by atoms with van der Waals surface area (Å²) < 4.78 is 28.0. The van der Waals surface area contributed by atoms with Crippen LogP contribution in [0.15, 0.2) is 44.3 Å². The summed E-state index contributed by atoms with van der Waals surface area (Å²) in [6.45, 7) is 0.337. The zero-order chi connectivity index (χ0) is 14.0. The van der Waals surface area contributed by atoms with Crippen LogP contribution in [0.25, 0.3) is 0 Å². The molecule has 1 heterocycles. The SMILES string of the molecule is NS(=O)(=O)c1ccc(CNc2ccc(Cl)c(Br)c2)o1. The van der Waals surface area contributed by atoms with Crippen LogP contribution in [0.5, 0.6) is 0 Å². The summed E-state index contributed by atoms with van der Waals surface area (Å²) in [5, 5.41) is 8.39. The number of nitrogens with two attached hydrogens (primary N) is 1. The van der Waals surface area contributed by atoms with E-state index in [2.05, 4.69) is 21.2 Å². The highest BCUT2D eigenvalue weighted by Crippen LogP contribution is 2.26. The first-order valence-electron chi connectivity index (χ1n) is 5.17. The molecule has 102 valence electrons. The molecule has 0 aliphatic rings. The average Bonchev–Trinajstić information content (AvgIpc) is 2.79. The predicted molar refractivity (Wildman–Crippen MR) is 76.6 cm³/mol. The van der Waals surface area contributed by atoms with E-state index in [1.165, 1.54) is 6.07 Å². The van der Waals surface area contributed by atoms with E-state index in [9.17, 15) is 8.42 Å². The van der Waals surface area contributed by atoms with Gasteiger partial charge in [-0.05, 0) is 46.3 Å². The molecule has 0 atom stereocenters. The first kappa shape index (κ1) is 14.4. The number of furan rings is 1. The highest BCUT2D eigenvalue weighted by atomic mass is 79.9. The Bertz CT molecular complexity index is 700. The van der Waals surface area contributed by atoms with E-state index in [0.717, 1.165) is 10.2 Å². The lowest BCUT2D eigenvalue weighted by atomic mass is 10.3. The molecule has 0 unspecified atom stereocenters. The Labute approximate surface area is 123 Å². The van der Waals surface area contributed by atoms with E-state index in [1.807, 2.05) is 6.07 Å². The lowest BCUT2D eigenvalue weighted by molar-refractivity contribution is 0.419. The van der Waals surface area contributed by atoms with Crippen molar-refractivity contribution in [3.63, 3.8) is 0 Å². The minimum Gasteiger partial charge on any atom is -0.446 e. The highest BCUT2D eigenvalue weighted by molar-refractivity contribution is 9.10. The van der Waals surface area contributed by atoms with E-state index in [0.29, 0.717) is 17.3 Å². The third-order valence-corrected chi connectivity index (χ3v) is 4.30. The van der Waals surface area contributed by atoms with Gasteiger partial charge < -0.3 is 9.73 Å². The van der Waals surface area contributed by atoms with Gasteiger partial charge in [0.2, 0.25) is 5.09 Å². The molecule has 3 N–H and O–H groups in total. The lowest BCUT2D eigenvalue weighted by Crippen LogP contribution is -2.10. The van der Waals surface area contributed by atoms with Gasteiger partial charge in [-0.2, -0.15) is 0 Å². The van der Waals surface area contributed by atoms with Crippen LogP contribution < -0.4 is 10.5 Å². The van der Waals surface area contributed by atoms with Crippen LogP contribution in [0.1, 0.15) is 5.76 Å². The molecule has 19 heavy (non-hydrogen) atoms. The van der Waals surface area contributed by atoms with Crippen molar-refractivity contribution in [3.05, 3.63) is 45.6 Å². The molecule has 0 fully saturated rings. The van der Waals surface area contributed by atoms with Gasteiger partial charge in [-0.25, -0.2) is 13.6 Å². The molecule has 0 aliphatic heterocycles. The second kappa shape index (κ2) is 5.54. The minimum absolute atomic E-state index is 0.249. The Hall–Kier alpha value is -1.02. The summed E-state index contributed by atoms with van der Waals surface area (Å²) >= 11 is 9.19. The van der Waals surface area contributed by atoms with Gasteiger partial charge in [0.15, 0.2) is 0 Å². The predicted octanol–water partition coefficient (Wildman–Crippen LogP) is 2.96. The quantitative estimate of drug-likeness (QED) is 0.872. The second-order valence-electron chi connectivity index (χ2n) is 3.75. The van der Waals surface area contributed by atoms with Crippen molar-refractivity contribution in [2.75, 3.05) is 5.32 Å². The number of benzene rings is 1. The lowest BCUT2D eigenvalue weighted by Gasteiger charge is -2.05. The van der Waals surface area contributed by atoms with E-state index in [4.69, 9.17) is 21.2 Å². The fraction of sp³-hybridized carbons (Fsp3) is 0.0909. The third kappa shape index (κ3) is 3.73. The van der Waals surface area contributed by atoms with Gasteiger partial charge in [-0.1, -0.05) is 11.6 Å². The van der Waals surface area contributed by atoms with Gasteiger partial charge in [-0.15, -0.1) is 0 Å². The van der Waals surface area contributed by atoms with Crippen LogP contribution in [0.2, 0.25) is 5.02 Å². The Morgan fingerprint density at radius 2 is 2.05 bits per heavy atom. The molecule has 0 saturated carbocycles. The number of anilines is 1. The maximum absolute atomic E-state index is 11.0. The molecule has 0 spiro atoms. The molecular formula is C11H10BrClN2O3S. The van der Waals surface area contributed by atoms with Gasteiger partial charge in [-0.3, -0.25) is 0 Å². The van der Waals surface area contributed by atoms with Crippen LogP contribution in [0.3, 0.4) is 0 Å². The summed E-state index contributed by atoms with van der Waals surface area (Å²) in [5.41, 5.74) is 0.824. The summed E-state index contributed by atoms with van der Waals surface area (Å²) in [7, 11) is -3.80. The van der Waals surface area contributed by atoms with Crippen molar-refractivity contribution in [1.82, 2.24) is 0 Å². The minimum atomic E-state index is -3.80. The van der Waals surface area contributed by atoms with Crippen molar-refractivity contribution in [1.29, 1.82) is 0 Å². The Morgan fingerprint density at radius 3 is 2.63 bits per heavy atom. The average molecular weight is 366 g/mol. The molecule has 8 heteroatoms. The van der Waals surface area contributed by atoms with E-state index < -0.39 is 10.0 Å². The van der Waals surface area contributed by atoms with E-state index in [-0.39, 0.29) is 5.09 Å². The summed E-state index contributed by atoms with van der Waals surface area (Å²) in [5.74, 6) is 0.468. The molecule has 2 aromatic rings. The molecule has 5 nitrogen and oxygen atoms in total. The van der Waals surface area contributed by atoms with Crippen molar-refractivity contribution in [2.24, 2.45) is 5.14 Å². The number of sulfonamides is 1. The zero-order valence-electron chi connectivity index (χ0n) is 9.56. The van der Waals surface area contributed by atoms with Gasteiger partial charge in [0.25, 0.3) is 10.0 Å². The molecule has 1 aromatic heterocycles. The maximum Gasteiger partial charge on any atom is 0.271 e. The van der Waals surface area contributed by atoms with Crippen molar-refractivity contribution in [2.45, 2.75) is 11.6 Å². The number of nitrogens with one attached hydrogen (secondary N) is 1. The summed E-state index contributed by atoms with van der Waals surface area (Å²) in [6, 6.07) is 8.23. The zero-order valence-corrected chi connectivity index (χ0v) is 12.7. The summed E-state index contributed by atoms with van der Waals surface area (Å²) in [4.78, 5) is 0. The molecule has 0 radical (unpaired) electrons. The Kier molecular flexibility index (Phi) is 4.19. The van der Waals surface area contributed by atoms with Crippen LogP contribution in [0, 0.1) is 0 Å². The molecule has 0 aliphatic carbocycles. The van der Waals surface area contributed by atoms with Gasteiger partial charge in [0, 0.05) is 10.2 Å². The first-order chi connectivity index (χ1) is 8.86. The Balaban J connectivity index is 2.06. The molecular weight excluding hydrogens is 356 g/mol. The van der Waals surface area contributed by atoms with Crippen molar-refractivity contribution < 1.29 is 12.8 Å². The number of hydrogen-bond acceptors (Lipinski definition) is 4. The number of primary sulfonamides is 1. The van der Waals surface area contributed by atoms with Crippen molar-refractivity contribution in [3.8, 4) is 0 Å².